The average Bonchev–Trinajstić information content (AvgIpc) is 2.42. The van der Waals surface area contributed by atoms with Crippen molar-refractivity contribution in [1.29, 1.82) is 0 Å². The van der Waals surface area contributed by atoms with Crippen molar-refractivity contribution in [3.8, 4) is 0 Å². The fourth-order valence-electron chi connectivity index (χ4n) is 1.70. The summed E-state index contributed by atoms with van der Waals surface area (Å²) in [7, 11) is -3.35. The number of nitrogens with zero attached hydrogens (tertiary/aromatic N) is 4. The predicted octanol–water partition coefficient (Wildman–Crippen LogP) is -1.45. The Bertz CT molecular complexity index is 879. The molecule has 0 saturated carbocycles. The molecule has 0 aliphatic carbocycles. The maximum atomic E-state index is 12.0. The third-order valence-electron chi connectivity index (χ3n) is 2.86. The molecule has 0 radical (unpaired) electrons. The number of fused-ring (bicyclic) bond motifs is 1. The highest BCUT2D eigenvalue weighted by Gasteiger charge is 2.24. The lowest BCUT2D eigenvalue weighted by atomic mass is 10.2. The van der Waals surface area contributed by atoms with Gasteiger partial charge in [-0.25, -0.2) is 14.2 Å². The number of aliphatic hydroxyl groups excluding tert-OH is 1. The molecule has 2 aromatic rings. The molecule has 4 N–H and O–H groups in total. The van der Waals surface area contributed by atoms with Crippen LogP contribution in [-0.4, -0.2) is 43.7 Å². The summed E-state index contributed by atoms with van der Waals surface area (Å²) in [5, 5.41) is 9.97. The molecule has 0 aliphatic heterocycles. The van der Waals surface area contributed by atoms with Crippen molar-refractivity contribution in [3.63, 3.8) is 0 Å². The summed E-state index contributed by atoms with van der Waals surface area (Å²) in [5.41, 5.74) is 4.67. The summed E-state index contributed by atoms with van der Waals surface area (Å²) in [6, 6.07) is 0. The number of rotatable bonds is 4. The molecule has 0 saturated heterocycles. The molecule has 2 atom stereocenters. The molecular formula is C10H13N5O6S. The summed E-state index contributed by atoms with van der Waals surface area (Å²) in [4.78, 5) is 23.6. The quantitative estimate of drug-likeness (QED) is 0.563. The van der Waals surface area contributed by atoms with Gasteiger partial charge in [0.15, 0.2) is 11.2 Å². The van der Waals surface area contributed by atoms with E-state index in [1.807, 2.05) is 0 Å². The van der Waals surface area contributed by atoms with E-state index in [2.05, 4.69) is 19.1 Å². The monoisotopic (exact) mass is 331 g/mol. The van der Waals surface area contributed by atoms with Gasteiger partial charge < -0.3 is 10.8 Å². The molecular weight excluding hydrogens is 318 g/mol. The predicted molar refractivity (Wildman–Crippen MR) is 74.0 cm³/mol. The Labute approximate surface area is 124 Å². The minimum absolute atomic E-state index is 0.0140. The largest absolute Gasteiger partial charge is 0.397 e. The molecule has 2 aromatic heterocycles. The van der Waals surface area contributed by atoms with Crippen molar-refractivity contribution in [1.82, 2.24) is 19.5 Å². The molecule has 22 heavy (non-hydrogen) atoms. The third kappa shape index (κ3) is 3.19. The molecule has 0 fully saturated rings. The maximum Gasteiger partial charge on any atom is 0.397 e. The lowest BCUT2D eigenvalue weighted by molar-refractivity contribution is 0.0405. The molecule has 0 amide bonds. The molecule has 2 heterocycles. The minimum atomic E-state index is -4.74. The van der Waals surface area contributed by atoms with Gasteiger partial charge in [-0.2, -0.15) is 13.4 Å². The van der Waals surface area contributed by atoms with E-state index in [0.29, 0.717) is 0 Å². The van der Waals surface area contributed by atoms with Gasteiger partial charge in [-0.1, -0.05) is 0 Å². The Balaban J connectivity index is 2.47. The van der Waals surface area contributed by atoms with Crippen molar-refractivity contribution < 1.29 is 22.3 Å². The van der Waals surface area contributed by atoms with Gasteiger partial charge in [-0.15, -0.1) is 0 Å². The van der Waals surface area contributed by atoms with Gasteiger partial charge in [0, 0.05) is 7.05 Å². The van der Waals surface area contributed by atoms with Gasteiger partial charge in [0.1, 0.15) is 12.2 Å². The van der Waals surface area contributed by atoms with Crippen molar-refractivity contribution in [2.75, 3.05) is 5.73 Å². The molecule has 12 heteroatoms. The molecule has 0 aliphatic rings. The van der Waals surface area contributed by atoms with E-state index in [9.17, 15) is 18.3 Å². The normalized spacial score (nSPS) is 14.9. The van der Waals surface area contributed by atoms with Crippen LogP contribution in [0.1, 0.15) is 18.7 Å². The van der Waals surface area contributed by atoms with Crippen molar-refractivity contribution in [2.45, 2.75) is 19.1 Å². The summed E-state index contributed by atoms with van der Waals surface area (Å²) in [6.07, 6.45) is -1.78. The number of nitrogens with two attached hydrogens (primary N) is 1. The number of hydrogen-bond acceptors (Lipinski definition) is 9. The Kier molecular flexibility index (Phi) is 4.10. The molecule has 2 rings (SSSR count). The van der Waals surface area contributed by atoms with Gasteiger partial charge >= 0.3 is 10.4 Å². The first-order chi connectivity index (χ1) is 10.1. The number of aliphatic hydroxyl groups is 1. The lowest BCUT2D eigenvalue weighted by Crippen LogP contribution is -2.26. The van der Waals surface area contributed by atoms with Crippen molar-refractivity contribution in [2.24, 2.45) is 7.05 Å². The van der Waals surface area contributed by atoms with Gasteiger partial charge in [-0.3, -0.25) is 13.9 Å². The Morgan fingerprint density at radius 1 is 1.41 bits per heavy atom. The van der Waals surface area contributed by atoms with Crippen LogP contribution in [-0.2, 0) is 21.6 Å². The van der Waals surface area contributed by atoms with Gasteiger partial charge in [0.25, 0.3) is 5.56 Å². The Hall–Kier alpha value is -2.15. The second-order valence-corrected chi connectivity index (χ2v) is 5.52. The van der Waals surface area contributed by atoms with E-state index >= 15 is 0 Å². The molecule has 11 nitrogen and oxygen atoms in total. The van der Waals surface area contributed by atoms with E-state index in [-0.39, 0.29) is 22.8 Å². The fraction of sp³-hybridized carbons (Fsp3) is 0.400. The summed E-state index contributed by atoms with van der Waals surface area (Å²) >= 11 is 0. The number of hydrogen-bond donors (Lipinski definition) is 3. The maximum absolute atomic E-state index is 12.0. The smallest absolute Gasteiger partial charge is 0.384 e. The average molecular weight is 331 g/mol. The van der Waals surface area contributed by atoms with Crippen LogP contribution in [0.3, 0.4) is 0 Å². The van der Waals surface area contributed by atoms with Crippen LogP contribution in [0.2, 0.25) is 0 Å². The first-order valence-electron chi connectivity index (χ1n) is 5.93. The molecule has 0 bridgehead atoms. The van der Waals surface area contributed by atoms with Crippen molar-refractivity contribution >= 4 is 27.5 Å². The topological polar surface area (TPSA) is 171 Å². The first kappa shape index (κ1) is 16.2. The van der Waals surface area contributed by atoms with Gasteiger partial charge in [0.05, 0.1) is 11.9 Å². The van der Waals surface area contributed by atoms with Gasteiger partial charge in [-0.05, 0) is 6.92 Å². The lowest BCUT2D eigenvalue weighted by Gasteiger charge is -2.16. The fourth-order valence-corrected chi connectivity index (χ4v) is 2.18. The van der Waals surface area contributed by atoms with Crippen LogP contribution < -0.4 is 11.3 Å². The molecule has 0 unspecified atom stereocenters. The van der Waals surface area contributed by atoms with E-state index in [1.165, 1.54) is 14.0 Å². The van der Waals surface area contributed by atoms with Crippen LogP contribution in [0, 0.1) is 0 Å². The zero-order valence-electron chi connectivity index (χ0n) is 11.5. The number of aromatic nitrogens is 4. The van der Waals surface area contributed by atoms with E-state index < -0.39 is 28.2 Å². The van der Waals surface area contributed by atoms with Crippen LogP contribution in [0.15, 0.2) is 11.0 Å². The van der Waals surface area contributed by atoms with Gasteiger partial charge in [0.2, 0.25) is 5.95 Å². The van der Waals surface area contributed by atoms with Crippen LogP contribution in [0.4, 0.5) is 5.95 Å². The highest BCUT2D eigenvalue weighted by atomic mass is 32.3. The molecule has 0 aromatic carbocycles. The Morgan fingerprint density at radius 2 is 2.05 bits per heavy atom. The summed E-state index contributed by atoms with van der Waals surface area (Å²) in [6.45, 7) is 1.20. The Morgan fingerprint density at radius 3 is 2.64 bits per heavy atom. The number of anilines is 1. The SMILES string of the molecule is C[C@H](OS(=O)(=O)O)[C@H](O)c1cnc2nc(N)n(C)c(=O)c2n1. The highest BCUT2D eigenvalue weighted by Crippen LogP contribution is 2.18. The van der Waals surface area contributed by atoms with Crippen LogP contribution >= 0.6 is 0 Å². The molecule has 0 spiro atoms. The second kappa shape index (κ2) is 5.57. The highest BCUT2D eigenvalue weighted by molar-refractivity contribution is 7.80. The molecule has 120 valence electrons. The van der Waals surface area contributed by atoms with Crippen LogP contribution in [0.25, 0.3) is 11.2 Å². The van der Waals surface area contributed by atoms with Crippen molar-refractivity contribution in [3.05, 3.63) is 22.2 Å². The second-order valence-electron chi connectivity index (χ2n) is 4.48. The van der Waals surface area contributed by atoms with E-state index in [0.717, 1.165) is 10.8 Å². The number of nitrogen functional groups attached to an aromatic ring is 1. The standard InChI is InChI=1S/C10H13N5O6S/c1-4(21-22(18,19)20)7(16)5-3-12-8-6(13-5)9(17)15(2)10(11)14-8/h3-4,7,16H,1-2H3,(H2,11,12,14)(H,18,19,20)/t4-,7-/m0/s1. The van der Waals surface area contributed by atoms with E-state index in [1.54, 1.807) is 0 Å². The first-order valence-corrected chi connectivity index (χ1v) is 7.29. The minimum Gasteiger partial charge on any atom is -0.384 e. The van der Waals surface area contributed by atoms with Crippen LogP contribution in [0.5, 0.6) is 0 Å². The van der Waals surface area contributed by atoms with E-state index in [4.69, 9.17) is 10.3 Å². The summed E-state index contributed by atoms with van der Waals surface area (Å²) in [5.74, 6) is -0.0526. The summed E-state index contributed by atoms with van der Waals surface area (Å²) < 4.78 is 35.1. The zero-order chi connectivity index (χ0) is 16.7. The zero-order valence-corrected chi connectivity index (χ0v) is 12.4. The third-order valence-corrected chi connectivity index (χ3v) is 3.41.